The first-order valence-corrected chi connectivity index (χ1v) is 9.41. The quantitative estimate of drug-likeness (QED) is 0.459. The predicted molar refractivity (Wildman–Crippen MR) is 104 cm³/mol. The average molecular weight is 417 g/mol. The number of carbonyl (C=O) groups is 1. The smallest absolute Gasteiger partial charge is 0.251 e. The summed E-state index contributed by atoms with van der Waals surface area (Å²) >= 11 is 0. The van der Waals surface area contributed by atoms with Crippen LogP contribution in [0.15, 0.2) is 36.4 Å². The fraction of sp³-hybridized carbons (Fsp3) is 0.381. The molecule has 9 nitrogen and oxygen atoms in total. The number of rotatable bonds is 4. The van der Waals surface area contributed by atoms with E-state index in [-0.39, 0.29) is 23.0 Å². The average Bonchev–Trinajstić information content (AvgIpc) is 3.07. The van der Waals surface area contributed by atoms with Crippen molar-refractivity contribution >= 4 is 5.91 Å². The summed E-state index contributed by atoms with van der Waals surface area (Å²) < 4.78 is 16.6. The number of carbonyl (C=O) groups excluding carboxylic acids is 1. The largest absolute Gasteiger partial charge is 0.493 e. The molecule has 30 heavy (non-hydrogen) atoms. The topological polar surface area (TPSA) is 138 Å². The van der Waals surface area contributed by atoms with Crippen molar-refractivity contribution in [2.24, 2.45) is 0 Å². The second-order valence-electron chi connectivity index (χ2n) is 7.28. The maximum atomic E-state index is 12.0. The lowest BCUT2D eigenvalue weighted by atomic mass is 9.81. The Morgan fingerprint density at radius 1 is 1.23 bits per heavy atom. The van der Waals surface area contributed by atoms with E-state index in [0.29, 0.717) is 16.7 Å². The monoisotopic (exact) mass is 417 g/mol. The van der Waals surface area contributed by atoms with Gasteiger partial charge in [-0.1, -0.05) is 12.1 Å². The molecule has 5 atom stereocenters. The summed E-state index contributed by atoms with van der Waals surface area (Å²) in [5.41, 5.74) is -0.189. The van der Waals surface area contributed by atoms with Crippen LogP contribution in [0.4, 0.5) is 0 Å². The summed E-state index contributed by atoms with van der Waals surface area (Å²) in [6.45, 7) is -0.556. The van der Waals surface area contributed by atoms with E-state index in [9.17, 15) is 25.2 Å². The molecule has 1 saturated heterocycles. The maximum Gasteiger partial charge on any atom is 0.251 e. The Kier molecular flexibility index (Phi) is 5.16. The van der Waals surface area contributed by atoms with E-state index in [1.807, 2.05) is 0 Å². The highest BCUT2D eigenvalue weighted by atomic mass is 16.7. The Hall–Kier alpha value is -2.69. The summed E-state index contributed by atoms with van der Waals surface area (Å²) in [4.78, 5) is 12.0. The molecular formula is C21H23NO8. The van der Waals surface area contributed by atoms with Crippen LogP contribution in [0, 0.1) is 0 Å². The molecule has 1 amide bonds. The molecular weight excluding hydrogens is 394 g/mol. The number of benzene rings is 2. The number of ether oxygens (including phenoxy) is 3. The molecule has 4 rings (SSSR count). The zero-order chi connectivity index (χ0) is 21.6. The lowest BCUT2D eigenvalue weighted by molar-refractivity contribution is -0.314. The first-order valence-electron chi connectivity index (χ1n) is 9.41. The third-order valence-corrected chi connectivity index (χ3v) is 5.61. The number of aliphatic hydroxyl groups is 4. The number of hydrogen-bond donors (Lipinski definition) is 5. The standard InChI is InChI=1S/C21H23NO8/c1-22-19(26)11-5-3-4-10(6-11)12-7-13-17(14(8-12)28-2)30-20-21(13,27)18(25)16(24)15(9-23)29-20/h3-8,15-16,18,20,23-25,27H,9H2,1-2H3,(H,22,26)/t15-,16-,18+,20-,21+/m1/s1. The molecule has 0 aromatic heterocycles. The van der Waals surface area contributed by atoms with Gasteiger partial charge in [-0.2, -0.15) is 0 Å². The van der Waals surface area contributed by atoms with Crippen molar-refractivity contribution in [3.05, 3.63) is 47.5 Å². The van der Waals surface area contributed by atoms with E-state index in [4.69, 9.17) is 14.2 Å². The van der Waals surface area contributed by atoms with Gasteiger partial charge in [0.1, 0.15) is 18.3 Å². The van der Waals surface area contributed by atoms with Gasteiger partial charge in [0.25, 0.3) is 5.91 Å². The lowest BCUT2D eigenvalue weighted by Crippen LogP contribution is -2.64. The fourth-order valence-electron chi connectivity index (χ4n) is 3.93. The first kappa shape index (κ1) is 20.6. The molecule has 160 valence electrons. The van der Waals surface area contributed by atoms with Crippen LogP contribution in [-0.4, -0.2) is 71.7 Å². The van der Waals surface area contributed by atoms with Crippen LogP contribution in [-0.2, 0) is 10.3 Å². The molecule has 9 heteroatoms. The minimum Gasteiger partial charge on any atom is -0.493 e. The second-order valence-corrected chi connectivity index (χ2v) is 7.28. The molecule has 5 N–H and O–H groups in total. The summed E-state index contributed by atoms with van der Waals surface area (Å²) in [7, 11) is 2.97. The fourth-order valence-corrected chi connectivity index (χ4v) is 3.93. The van der Waals surface area contributed by atoms with Gasteiger partial charge in [0, 0.05) is 18.2 Å². The molecule has 0 unspecified atom stereocenters. The van der Waals surface area contributed by atoms with Crippen LogP contribution < -0.4 is 14.8 Å². The van der Waals surface area contributed by atoms with E-state index in [1.165, 1.54) is 14.2 Å². The Bertz CT molecular complexity index is 979. The molecule has 2 aromatic carbocycles. The van der Waals surface area contributed by atoms with Gasteiger partial charge in [-0.25, -0.2) is 0 Å². The summed E-state index contributed by atoms with van der Waals surface area (Å²) in [5, 5.41) is 44.2. The van der Waals surface area contributed by atoms with Gasteiger partial charge in [0.15, 0.2) is 17.1 Å². The van der Waals surface area contributed by atoms with Crippen molar-refractivity contribution in [1.29, 1.82) is 0 Å². The molecule has 0 bridgehead atoms. The van der Waals surface area contributed by atoms with Gasteiger partial charge < -0.3 is 40.0 Å². The van der Waals surface area contributed by atoms with Gasteiger partial charge >= 0.3 is 0 Å². The van der Waals surface area contributed by atoms with Gasteiger partial charge in [-0.15, -0.1) is 0 Å². The normalized spacial score (nSPS) is 29.5. The lowest BCUT2D eigenvalue weighted by Gasteiger charge is -2.43. The van der Waals surface area contributed by atoms with Gasteiger partial charge in [0.05, 0.1) is 13.7 Å². The van der Waals surface area contributed by atoms with Crippen molar-refractivity contribution in [3.63, 3.8) is 0 Å². The van der Waals surface area contributed by atoms with Crippen molar-refractivity contribution in [1.82, 2.24) is 5.32 Å². The SMILES string of the molecule is CNC(=O)c1cccc(-c2cc(OC)c3c(c2)[C@@]2(O)[C@@H](O3)O[C@H](CO)[C@@H](O)[C@@H]2O)c1. The van der Waals surface area contributed by atoms with Crippen LogP contribution in [0.25, 0.3) is 11.1 Å². The highest BCUT2D eigenvalue weighted by Gasteiger charge is 2.62. The molecule has 2 aromatic rings. The molecule has 2 aliphatic rings. The summed E-state index contributed by atoms with van der Waals surface area (Å²) in [6, 6.07) is 10.1. The number of aliphatic hydroxyl groups excluding tert-OH is 3. The zero-order valence-electron chi connectivity index (χ0n) is 16.4. The molecule has 0 saturated carbocycles. The number of fused-ring (bicyclic) bond motifs is 3. The number of methoxy groups -OCH3 is 1. The highest BCUT2D eigenvalue weighted by Crippen LogP contribution is 2.53. The number of nitrogens with one attached hydrogen (secondary N) is 1. The van der Waals surface area contributed by atoms with Crippen LogP contribution in [0.1, 0.15) is 15.9 Å². The van der Waals surface area contributed by atoms with Crippen LogP contribution in [0.3, 0.4) is 0 Å². The van der Waals surface area contributed by atoms with Crippen molar-refractivity contribution in [2.45, 2.75) is 30.2 Å². The zero-order valence-corrected chi connectivity index (χ0v) is 16.4. The van der Waals surface area contributed by atoms with Crippen molar-refractivity contribution in [2.75, 3.05) is 20.8 Å². The van der Waals surface area contributed by atoms with E-state index in [1.54, 1.807) is 36.4 Å². The minimum absolute atomic E-state index is 0.168. The number of hydrogen-bond acceptors (Lipinski definition) is 8. The van der Waals surface area contributed by atoms with Gasteiger partial charge in [0.2, 0.25) is 6.29 Å². The van der Waals surface area contributed by atoms with E-state index >= 15 is 0 Å². The van der Waals surface area contributed by atoms with Gasteiger partial charge in [-0.05, 0) is 35.4 Å². The Balaban J connectivity index is 1.84. The van der Waals surface area contributed by atoms with E-state index in [0.717, 1.165) is 0 Å². The Labute approximate surface area is 172 Å². The summed E-state index contributed by atoms with van der Waals surface area (Å²) in [5.74, 6) is 0.198. The second kappa shape index (κ2) is 7.53. The third-order valence-electron chi connectivity index (χ3n) is 5.61. The maximum absolute atomic E-state index is 12.0. The van der Waals surface area contributed by atoms with Crippen LogP contribution >= 0.6 is 0 Å². The van der Waals surface area contributed by atoms with Crippen molar-refractivity contribution < 1.29 is 39.4 Å². The molecule has 2 aliphatic heterocycles. The Morgan fingerprint density at radius 2 is 2.00 bits per heavy atom. The molecule has 0 aliphatic carbocycles. The number of amides is 1. The minimum atomic E-state index is -2.08. The predicted octanol–water partition coefficient (Wildman–Crippen LogP) is -0.259. The van der Waals surface area contributed by atoms with Gasteiger partial charge in [-0.3, -0.25) is 4.79 Å². The van der Waals surface area contributed by atoms with Crippen LogP contribution in [0.2, 0.25) is 0 Å². The Morgan fingerprint density at radius 3 is 2.67 bits per heavy atom. The van der Waals surface area contributed by atoms with Crippen molar-refractivity contribution in [3.8, 4) is 22.6 Å². The first-order chi connectivity index (χ1) is 14.3. The molecule has 0 radical (unpaired) electrons. The van der Waals surface area contributed by atoms with E-state index in [2.05, 4.69) is 5.32 Å². The van der Waals surface area contributed by atoms with Crippen LogP contribution in [0.5, 0.6) is 11.5 Å². The van der Waals surface area contributed by atoms with E-state index < -0.39 is 36.8 Å². The highest BCUT2D eigenvalue weighted by molar-refractivity contribution is 5.95. The summed E-state index contributed by atoms with van der Waals surface area (Å²) in [6.07, 6.45) is -5.66. The third kappa shape index (κ3) is 2.94. The molecule has 2 heterocycles. The molecule has 0 spiro atoms. The molecule has 1 fully saturated rings.